The quantitative estimate of drug-likeness (QED) is 0.615. The van der Waals surface area contributed by atoms with Crippen molar-refractivity contribution >= 4 is 23.5 Å². The number of aryl methyl sites for hydroxylation is 2. The summed E-state index contributed by atoms with van der Waals surface area (Å²) in [6, 6.07) is 14.7. The molecule has 29 heavy (non-hydrogen) atoms. The molecule has 0 atom stereocenters. The van der Waals surface area contributed by atoms with E-state index in [1.807, 2.05) is 62.4 Å². The zero-order chi connectivity index (χ0) is 20.8. The third kappa shape index (κ3) is 5.44. The number of hydrogen-bond acceptors (Lipinski definition) is 4. The fourth-order valence-electron chi connectivity index (χ4n) is 3.41. The Hall–Kier alpha value is -3.15. The fraction of sp³-hybridized carbons (Fsp3) is 0.348. The highest BCUT2D eigenvalue weighted by atomic mass is 16.5. The molecule has 1 fully saturated rings. The number of amides is 2. The topological polar surface area (TPSA) is 75.7 Å². The summed E-state index contributed by atoms with van der Waals surface area (Å²) >= 11 is 0. The van der Waals surface area contributed by atoms with Crippen molar-refractivity contribution in [2.24, 2.45) is 5.92 Å². The molecule has 0 unspecified atom stereocenters. The van der Waals surface area contributed by atoms with Crippen LogP contribution in [-0.4, -0.2) is 42.4 Å². The maximum Gasteiger partial charge on any atom is 0.321 e. The van der Waals surface area contributed by atoms with Crippen molar-refractivity contribution in [2.45, 2.75) is 26.7 Å². The molecule has 6 heteroatoms. The van der Waals surface area contributed by atoms with Crippen LogP contribution in [0.25, 0.3) is 0 Å². The van der Waals surface area contributed by atoms with Crippen LogP contribution >= 0.6 is 0 Å². The van der Waals surface area contributed by atoms with Gasteiger partial charge in [-0.3, -0.25) is 9.59 Å². The lowest BCUT2D eigenvalue weighted by molar-refractivity contribution is -0.148. The molecule has 0 radical (unpaired) electrons. The van der Waals surface area contributed by atoms with Gasteiger partial charge in [0.1, 0.15) is 0 Å². The Morgan fingerprint density at radius 2 is 1.72 bits per heavy atom. The summed E-state index contributed by atoms with van der Waals surface area (Å²) in [5.74, 6) is -0.854. The Balaban J connectivity index is 1.45. The number of benzene rings is 2. The van der Waals surface area contributed by atoms with Crippen LogP contribution in [0.5, 0.6) is 0 Å². The molecule has 0 bridgehead atoms. The smallest absolute Gasteiger partial charge is 0.321 e. The van der Waals surface area contributed by atoms with E-state index in [4.69, 9.17) is 4.74 Å². The molecule has 152 valence electrons. The van der Waals surface area contributed by atoms with E-state index in [-0.39, 0.29) is 30.3 Å². The molecule has 0 spiro atoms. The number of Topliss-reactive ketones (excluding diaryl/α,β-unsaturated/α-hetero) is 1. The van der Waals surface area contributed by atoms with Crippen LogP contribution in [0.15, 0.2) is 48.5 Å². The highest BCUT2D eigenvalue weighted by Crippen LogP contribution is 2.20. The molecule has 2 aromatic carbocycles. The number of anilines is 1. The Morgan fingerprint density at radius 3 is 2.41 bits per heavy atom. The minimum Gasteiger partial charge on any atom is -0.457 e. The first-order valence-electron chi connectivity index (χ1n) is 9.82. The first-order chi connectivity index (χ1) is 13.9. The summed E-state index contributed by atoms with van der Waals surface area (Å²) in [6.45, 7) is 4.49. The van der Waals surface area contributed by atoms with E-state index < -0.39 is 0 Å². The van der Waals surface area contributed by atoms with Gasteiger partial charge in [0.25, 0.3) is 0 Å². The third-order valence-corrected chi connectivity index (χ3v) is 5.18. The second-order valence-electron chi connectivity index (χ2n) is 7.41. The Bertz CT molecular complexity index is 887. The predicted molar refractivity (Wildman–Crippen MR) is 111 cm³/mol. The van der Waals surface area contributed by atoms with Crippen LogP contribution in [0.1, 0.15) is 34.3 Å². The molecule has 1 saturated heterocycles. The molecular weight excluding hydrogens is 368 g/mol. The van der Waals surface area contributed by atoms with Gasteiger partial charge in [-0.2, -0.15) is 0 Å². The van der Waals surface area contributed by atoms with Crippen molar-refractivity contribution in [3.05, 3.63) is 65.2 Å². The minimum atomic E-state index is -0.369. The number of rotatable bonds is 5. The third-order valence-electron chi connectivity index (χ3n) is 5.18. The van der Waals surface area contributed by atoms with Gasteiger partial charge in [-0.05, 0) is 50.5 Å². The molecule has 0 aliphatic carbocycles. The van der Waals surface area contributed by atoms with Crippen LogP contribution in [0.3, 0.4) is 0 Å². The SMILES string of the molecule is Cc1ccc(C)c(C(=O)COC(=O)C2CCN(C(=O)Nc3ccccc3)CC2)c1. The van der Waals surface area contributed by atoms with Crippen molar-refractivity contribution in [3.8, 4) is 0 Å². The van der Waals surface area contributed by atoms with E-state index in [1.54, 1.807) is 4.90 Å². The number of urea groups is 1. The van der Waals surface area contributed by atoms with Gasteiger partial charge in [-0.1, -0.05) is 35.9 Å². The molecule has 1 aliphatic rings. The molecule has 3 rings (SSSR count). The van der Waals surface area contributed by atoms with Crippen LogP contribution < -0.4 is 5.32 Å². The maximum absolute atomic E-state index is 12.4. The number of para-hydroxylation sites is 1. The summed E-state index contributed by atoms with van der Waals surface area (Å²) in [6.07, 6.45) is 1.05. The monoisotopic (exact) mass is 394 g/mol. The molecule has 1 heterocycles. The molecule has 0 saturated carbocycles. The van der Waals surface area contributed by atoms with Gasteiger partial charge in [0, 0.05) is 24.3 Å². The van der Waals surface area contributed by atoms with Gasteiger partial charge in [0.2, 0.25) is 5.78 Å². The second-order valence-corrected chi connectivity index (χ2v) is 7.41. The number of nitrogens with zero attached hydrogens (tertiary/aromatic N) is 1. The number of likely N-dealkylation sites (tertiary alicyclic amines) is 1. The number of piperidine rings is 1. The number of carbonyl (C=O) groups is 3. The van der Waals surface area contributed by atoms with E-state index in [1.165, 1.54) is 0 Å². The number of ketones is 1. The van der Waals surface area contributed by atoms with E-state index in [9.17, 15) is 14.4 Å². The van der Waals surface area contributed by atoms with Crippen LogP contribution in [0, 0.1) is 19.8 Å². The lowest BCUT2D eigenvalue weighted by atomic mass is 9.97. The Labute approximate surface area is 170 Å². The summed E-state index contributed by atoms with van der Waals surface area (Å²) in [4.78, 5) is 38.8. The van der Waals surface area contributed by atoms with E-state index >= 15 is 0 Å². The van der Waals surface area contributed by atoms with Crippen molar-refractivity contribution in [2.75, 3.05) is 25.0 Å². The number of carbonyl (C=O) groups excluding carboxylic acids is 3. The summed E-state index contributed by atoms with van der Waals surface area (Å²) in [7, 11) is 0. The average molecular weight is 394 g/mol. The van der Waals surface area contributed by atoms with Gasteiger partial charge in [-0.15, -0.1) is 0 Å². The second kappa shape index (κ2) is 9.37. The van der Waals surface area contributed by atoms with E-state index in [0.717, 1.165) is 16.8 Å². The standard InChI is InChI=1S/C23H26N2O4/c1-16-8-9-17(2)20(14-16)21(26)15-29-22(27)18-10-12-25(13-11-18)23(28)24-19-6-4-3-5-7-19/h3-9,14,18H,10-13,15H2,1-2H3,(H,24,28). The Kier molecular flexibility index (Phi) is 6.65. The van der Waals surface area contributed by atoms with E-state index in [0.29, 0.717) is 31.5 Å². The van der Waals surface area contributed by atoms with E-state index in [2.05, 4.69) is 5.32 Å². The van der Waals surface area contributed by atoms with Crippen molar-refractivity contribution in [1.82, 2.24) is 4.90 Å². The number of hydrogen-bond donors (Lipinski definition) is 1. The molecule has 2 aromatic rings. The van der Waals surface area contributed by atoms with Crippen molar-refractivity contribution < 1.29 is 19.1 Å². The molecule has 0 aromatic heterocycles. The van der Waals surface area contributed by atoms with Gasteiger partial charge in [-0.25, -0.2) is 4.79 Å². The first kappa shape index (κ1) is 20.6. The zero-order valence-electron chi connectivity index (χ0n) is 16.8. The summed E-state index contributed by atoms with van der Waals surface area (Å²) in [5, 5.41) is 2.85. The predicted octanol–water partition coefficient (Wildman–Crippen LogP) is 3.97. The van der Waals surface area contributed by atoms with Gasteiger partial charge >= 0.3 is 12.0 Å². The highest BCUT2D eigenvalue weighted by molar-refractivity contribution is 5.99. The number of ether oxygens (including phenoxy) is 1. The lowest BCUT2D eigenvalue weighted by Gasteiger charge is -2.30. The van der Waals surface area contributed by atoms with Gasteiger partial charge < -0.3 is 15.0 Å². The lowest BCUT2D eigenvalue weighted by Crippen LogP contribution is -2.42. The zero-order valence-corrected chi connectivity index (χ0v) is 16.8. The Morgan fingerprint density at radius 1 is 1.03 bits per heavy atom. The van der Waals surface area contributed by atoms with Gasteiger partial charge in [0.05, 0.1) is 5.92 Å². The minimum absolute atomic E-state index is 0.173. The molecule has 6 nitrogen and oxygen atoms in total. The fourth-order valence-corrected chi connectivity index (χ4v) is 3.41. The average Bonchev–Trinajstić information content (AvgIpc) is 2.74. The van der Waals surface area contributed by atoms with Crippen molar-refractivity contribution in [3.63, 3.8) is 0 Å². The highest BCUT2D eigenvalue weighted by Gasteiger charge is 2.29. The first-order valence-corrected chi connectivity index (χ1v) is 9.82. The molecule has 1 aliphatic heterocycles. The van der Waals surface area contributed by atoms with Crippen LogP contribution in [0.4, 0.5) is 10.5 Å². The van der Waals surface area contributed by atoms with Gasteiger partial charge in [0.15, 0.2) is 6.61 Å². The number of esters is 1. The summed E-state index contributed by atoms with van der Waals surface area (Å²) < 4.78 is 5.28. The number of nitrogens with one attached hydrogen (secondary N) is 1. The largest absolute Gasteiger partial charge is 0.457 e. The summed E-state index contributed by atoms with van der Waals surface area (Å²) in [5.41, 5.74) is 3.19. The molecular formula is C23H26N2O4. The van der Waals surface area contributed by atoms with Crippen LogP contribution in [0.2, 0.25) is 0 Å². The maximum atomic E-state index is 12.4. The molecule has 2 amide bonds. The molecule has 1 N–H and O–H groups in total. The van der Waals surface area contributed by atoms with Crippen molar-refractivity contribution in [1.29, 1.82) is 0 Å². The van der Waals surface area contributed by atoms with Crippen LogP contribution in [-0.2, 0) is 9.53 Å². The normalized spacial score (nSPS) is 14.3.